The molecule has 216 valence electrons. The number of ether oxygens (including phenoxy) is 3. The summed E-state index contributed by atoms with van der Waals surface area (Å²) in [5.41, 5.74) is 1.76. The summed E-state index contributed by atoms with van der Waals surface area (Å²) >= 11 is 0. The van der Waals surface area contributed by atoms with E-state index in [1.54, 1.807) is 31.2 Å². The predicted molar refractivity (Wildman–Crippen MR) is 152 cm³/mol. The van der Waals surface area contributed by atoms with Crippen LogP contribution in [0.2, 0.25) is 0 Å². The van der Waals surface area contributed by atoms with Crippen LogP contribution in [-0.2, 0) is 14.3 Å². The molecule has 2 aliphatic rings. The number of hydrogen-bond acceptors (Lipinski definition) is 8. The second kappa shape index (κ2) is 13.2. The molecule has 4 rings (SSSR count). The molecular formula is C31H40N2O7. The zero-order chi connectivity index (χ0) is 28.8. The first kappa shape index (κ1) is 29.4. The quantitative estimate of drug-likeness (QED) is 0.242. The third kappa shape index (κ3) is 6.59. The summed E-state index contributed by atoms with van der Waals surface area (Å²) in [6.07, 6.45) is 0.654. The number of nitrogens with zero attached hydrogens (tertiary/aromatic N) is 2. The molecule has 2 heterocycles. The second-order valence-electron chi connectivity index (χ2n) is 10.6. The van der Waals surface area contributed by atoms with E-state index in [1.165, 1.54) is 11.0 Å². The number of aliphatic hydroxyl groups is 1. The summed E-state index contributed by atoms with van der Waals surface area (Å²) in [6, 6.07) is 9.23. The lowest BCUT2D eigenvalue weighted by atomic mass is 9.93. The average Bonchev–Trinajstić information content (AvgIpc) is 3.18. The number of aromatic hydroxyl groups is 1. The van der Waals surface area contributed by atoms with Gasteiger partial charge in [0.05, 0.1) is 38.0 Å². The minimum atomic E-state index is -0.833. The van der Waals surface area contributed by atoms with Gasteiger partial charge in [-0.05, 0) is 67.6 Å². The van der Waals surface area contributed by atoms with E-state index in [0.717, 1.165) is 25.2 Å². The number of carbonyl (C=O) groups is 2. The van der Waals surface area contributed by atoms with E-state index in [4.69, 9.17) is 14.2 Å². The van der Waals surface area contributed by atoms with Gasteiger partial charge in [0, 0.05) is 31.7 Å². The van der Waals surface area contributed by atoms with Gasteiger partial charge in [0.25, 0.3) is 11.7 Å². The first-order valence-corrected chi connectivity index (χ1v) is 14.0. The average molecular weight is 553 g/mol. The number of amides is 1. The zero-order valence-electron chi connectivity index (χ0n) is 23.8. The van der Waals surface area contributed by atoms with Crippen LogP contribution < -0.4 is 9.47 Å². The molecule has 0 unspecified atom stereocenters. The van der Waals surface area contributed by atoms with Gasteiger partial charge < -0.3 is 29.3 Å². The van der Waals surface area contributed by atoms with E-state index in [9.17, 15) is 19.8 Å². The van der Waals surface area contributed by atoms with Gasteiger partial charge in [-0.3, -0.25) is 14.5 Å². The fourth-order valence-electron chi connectivity index (χ4n) is 5.12. The number of ketones is 1. The number of aryl methyl sites for hydroxylation is 1. The Morgan fingerprint density at radius 2 is 1.82 bits per heavy atom. The Morgan fingerprint density at radius 3 is 2.50 bits per heavy atom. The molecule has 0 spiro atoms. The van der Waals surface area contributed by atoms with Crippen LogP contribution in [0.3, 0.4) is 0 Å². The van der Waals surface area contributed by atoms with E-state index in [1.807, 2.05) is 13.0 Å². The monoisotopic (exact) mass is 552 g/mol. The molecular weight excluding hydrogens is 512 g/mol. The van der Waals surface area contributed by atoms with Gasteiger partial charge in [0.15, 0.2) is 11.5 Å². The number of Topliss-reactive ketones (excluding diaryl/α,β-unsaturated/α-hetero) is 1. The molecule has 9 nitrogen and oxygen atoms in total. The molecule has 2 aromatic rings. The summed E-state index contributed by atoms with van der Waals surface area (Å²) in [5.74, 6) is -0.391. The molecule has 2 N–H and O–H groups in total. The standard InChI is InChI=1S/C31H40N2O7/c1-5-39-26-18-22(7-10-25(26)34)28-27(29(35)24-9-8-23(17-21(24)4)40-19-20(2)3)30(36)31(37)33(28)12-6-11-32-13-15-38-16-14-32/h7-10,17-18,20,28,34-35H,5-6,11-16,19H2,1-4H3/b29-27+/t28-/m1/s1. The highest BCUT2D eigenvalue weighted by Crippen LogP contribution is 2.42. The van der Waals surface area contributed by atoms with E-state index in [-0.39, 0.29) is 22.8 Å². The van der Waals surface area contributed by atoms with Crippen LogP contribution in [0.5, 0.6) is 17.2 Å². The highest BCUT2D eigenvalue weighted by Gasteiger charge is 2.46. The van der Waals surface area contributed by atoms with Gasteiger partial charge >= 0.3 is 0 Å². The Labute approximate surface area is 235 Å². The van der Waals surface area contributed by atoms with Crippen molar-refractivity contribution in [2.24, 2.45) is 5.92 Å². The molecule has 2 fully saturated rings. The molecule has 1 amide bonds. The Morgan fingerprint density at radius 1 is 1.07 bits per heavy atom. The predicted octanol–water partition coefficient (Wildman–Crippen LogP) is 4.28. The first-order chi connectivity index (χ1) is 19.2. The maximum Gasteiger partial charge on any atom is 0.295 e. The number of carbonyl (C=O) groups excluding carboxylic acids is 2. The van der Waals surface area contributed by atoms with E-state index in [2.05, 4.69) is 18.7 Å². The minimum absolute atomic E-state index is 0.0171. The van der Waals surface area contributed by atoms with Gasteiger partial charge in [-0.2, -0.15) is 0 Å². The third-order valence-electron chi connectivity index (χ3n) is 7.15. The van der Waals surface area contributed by atoms with Crippen molar-refractivity contribution in [3.63, 3.8) is 0 Å². The molecule has 40 heavy (non-hydrogen) atoms. The maximum atomic E-state index is 13.5. The molecule has 0 aromatic heterocycles. The van der Waals surface area contributed by atoms with Gasteiger partial charge in [-0.15, -0.1) is 0 Å². The van der Waals surface area contributed by atoms with Crippen molar-refractivity contribution in [1.82, 2.24) is 9.80 Å². The fourth-order valence-corrected chi connectivity index (χ4v) is 5.12. The number of phenolic OH excluding ortho intramolecular Hbond substituents is 1. The lowest BCUT2D eigenvalue weighted by molar-refractivity contribution is -0.140. The second-order valence-corrected chi connectivity index (χ2v) is 10.6. The number of aliphatic hydroxyl groups excluding tert-OH is 1. The molecule has 2 aliphatic heterocycles. The van der Waals surface area contributed by atoms with E-state index >= 15 is 0 Å². The molecule has 1 atom stereocenters. The summed E-state index contributed by atoms with van der Waals surface area (Å²) in [5, 5.41) is 21.8. The van der Waals surface area contributed by atoms with Crippen molar-refractivity contribution in [2.45, 2.75) is 40.2 Å². The molecule has 0 radical (unpaired) electrons. The minimum Gasteiger partial charge on any atom is -0.507 e. The van der Waals surface area contributed by atoms with Gasteiger partial charge in [0.2, 0.25) is 0 Å². The lowest BCUT2D eigenvalue weighted by Gasteiger charge is -2.29. The lowest BCUT2D eigenvalue weighted by Crippen LogP contribution is -2.38. The van der Waals surface area contributed by atoms with Gasteiger partial charge in [-0.25, -0.2) is 0 Å². The highest BCUT2D eigenvalue weighted by atomic mass is 16.5. The number of likely N-dealkylation sites (tertiary alicyclic amines) is 1. The SMILES string of the molecule is CCOc1cc([C@@H]2/C(=C(\O)c3ccc(OCC(C)C)cc3C)C(=O)C(=O)N2CCCN2CCOCC2)ccc1O. The van der Waals surface area contributed by atoms with Crippen molar-refractivity contribution in [3.05, 3.63) is 58.7 Å². The van der Waals surface area contributed by atoms with Crippen LogP contribution in [-0.4, -0.2) is 84.3 Å². The van der Waals surface area contributed by atoms with Crippen LogP contribution in [0, 0.1) is 12.8 Å². The summed E-state index contributed by atoms with van der Waals surface area (Å²) in [4.78, 5) is 30.6. The normalized spacial score (nSPS) is 19.4. The first-order valence-electron chi connectivity index (χ1n) is 14.0. The zero-order valence-corrected chi connectivity index (χ0v) is 23.8. The molecule has 0 bridgehead atoms. The van der Waals surface area contributed by atoms with Crippen molar-refractivity contribution < 1.29 is 34.0 Å². The summed E-state index contributed by atoms with van der Waals surface area (Å²) in [6.45, 7) is 12.8. The summed E-state index contributed by atoms with van der Waals surface area (Å²) in [7, 11) is 0. The smallest absolute Gasteiger partial charge is 0.295 e. The van der Waals surface area contributed by atoms with Crippen LogP contribution in [0.25, 0.3) is 5.76 Å². The third-order valence-corrected chi connectivity index (χ3v) is 7.15. The van der Waals surface area contributed by atoms with Crippen LogP contribution >= 0.6 is 0 Å². The van der Waals surface area contributed by atoms with Crippen molar-refractivity contribution in [2.75, 3.05) is 52.6 Å². The van der Waals surface area contributed by atoms with Crippen LogP contribution in [0.4, 0.5) is 0 Å². The van der Waals surface area contributed by atoms with Crippen LogP contribution in [0.15, 0.2) is 42.0 Å². The number of benzene rings is 2. The molecule has 2 aromatic carbocycles. The molecule has 9 heteroatoms. The number of rotatable bonds is 11. The Bertz CT molecular complexity index is 1250. The van der Waals surface area contributed by atoms with Gasteiger partial charge in [-0.1, -0.05) is 19.9 Å². The molecule has 0 saturated carbocycles. The molecule has 0 aliphatic carbocycles. The van der Waals surface area contributed by atoms with Crippen molar-refractivity contribution in [1.29, 1.82) is 0 Å². The van der Waals surface area contributed by atoms with E-state index < -0.39 is 17.7 Å². The number of hydrogen-bond donors (Lipinski definition) is 2. The van der Waals surface area contributed by atoms with Crippen molar-refractivity contribution in [3.8, 4) is 17.2 Å². The number of morpholine rings is 1. The highest BCUT2D eigenvalue weighted by molar-refractivity contribution is 6.46. The fraction of sp³-hybridized carbons (Fsp3) is 0.484. The Kier molecular flexibility index (Phi) is 9.71. The number of phenols is 1. The summed E-state index contributed by atoms with van der Waals surface area (Å²) < 4.78 is 16.8. The Balaban J connectivity index is 1.71. The maximum absolute atomic E-state index is 13.5. The molecule has 2 saturated heterocycles. The van der Waals surface area contributed by atoms with E-state index in [0.29, 0.717) is 62.2 Å². The van der Waals surface area contributed by atoms with Crippen LogP contribution in [0.1, 0.15) is 49.9 Å². The largest absolute Gasteiger partial charge is 0.507 e. The topological polar surface area (TPSA) is 109 Å². The van der Waals surface area contributed by atoms with Gasteiger partial charge in [0.1, 0.15) is 11.5 Å². The Hall–Kier alpha value is -3.56. The van der Waals surface area contributed by atoms with Crippen molar-refractivity contribution >= 4 is 17.4 Å².